The van der Waals surface area contributed by atoms with Crippen LogP contribution in [0.5, 0.6) is 11.5 Å². The minimum atomic E-state index is 0.476. The third kappa shape index (κ3) is 4.87. The summed E-state index contributed by atoms with van der Waals surface area (Å²) in [5.74, 6) is 1.34. The summed E-state index contributed by atoms with van der Waals surface area (Å²) in [5, 5.41) is 8.00. The second kappa shape index (κ2) is 8.58. The fourth-order valence-electron chi connectivity index (χ4n) is 2.45. The zero-order valence-electron chi connectivity index (χ0n) is 13.1. The maximum atomic E-state index is 5.28. The summed E-state index contributed by atoms with van der Waals surface area (Å²) in [5.41, 5.74) is 4.96. The lowest BCUT2D eigenvalue weighted by Gasteiger charge is -2.12. The second-order valence-corrected chi connectivity index (χ2v) is 5.64. The molecule has 0 heterocycles. The van der Waals surface area contributed by atoms with Crippen LogP contribution in [-0.4, -0.2) is 25.0 Å². The number of nitrogens with zero attached hydrogens (tertiary/aromatic N) is 1. The molecule has 1 aliphatic rings. The van der Waals surface area contributed by atoms with Crippen LogP contribution in [0.3, 0.4) is 0 Å². The maximum absolute atomic E-state index is 5.28. The summed E-state index contributed by atoms with van der Waals surface area (Å²) in [7, 11) is 3.22. The van der Waals surface area contributed by atoms with Crippen LogP contribution in [0.1, 0.15) is 38.5 Å². The van der Waals surface area contributed by atoms with Gasteiger partial charge in [-0.15, -0.1) is 0 Å². The first-order chi connectivity index (χ1) is 10.7. The molecule has 0 amide bonds. The third-order valence-corrected chi connectivity index (χ3v) is 3.83. The first kappa shape index (κ1) is 16.5. The molecular weight excluding hydrogens is 298 g/mol. The first-order valence-electron chi connectivity index (χ1n) is 7.57. The van der Waals surface area contributed by atoms with E-state index in [1.807, 2.05) is 18.2 Å². The minimum absolute atomic E-state index is 0.476. The summed E-state index contributed by atoms with van der Waals surface area (Å²) in [6.45, 7) is 0. The van der Waals surface area contributed by atoms with Gasteiger partial charge >= 0.3 is 0 Å². The van der Waals surface area contributed by atoms with Crippen LogP contribution < -0.4 is 20.2 Å². The van der Waals surface area contributed by atoms with Gasteiger partial charge in [-0.05, 0) is 50.0 Å². The first-order valence-corrected chi connectivity index (χ1v) is 7.98. The minimum Gasteiger partial charge on any atom is -0.493 e. The van der Waals surface area contributed by atoms with E-state index in [-0.39, 0.29) is 0 Å². The molecule has 120 valence electrons. The summed E-state index contributed by atoms with van der Waals surface area (Å²) in [4.78, 5) is 0. The van der Waals surface area contributed by atoms with Crippen molar-refractivity contribution in [1.29, 1.82) is 0 Å². The van der Waals surface area contributed by atoms with E-state index in [1.165, 1.54) is 31.4 Å². The molecule has 0 radical (unpaired) electrons. The standard InChI is InChI=1S/C16H23N3O2S/c1-20-14-10-9-13(11-15(14)21-2)17-16(22)19-18-12-7-5-3-4-6-8-12/h9-11H,3-8H2,1-2H3,(H2,17,19,22). The van der Waals surface area contributed by atoms with Gasteiger partial charge in [-0.25, -0.2) is 0 Å². The number of nitrogens with one attached hydrogen (secondary N) is 2. The van der Waals surface area contributed by atoms with Crippen LogP contribution in [0.25, 0.3) is 0 Å². The van der Waals surface area contributed by atoms with Gasteiger partial charge in [0.15, 0.2) is 16.6 Å². The van der Waals surface area contributed by atoms with E-state index in [1.54, 1.807) is 14.2 Å². The molecule has 0 aromatic heterocycles. The van der Waals surface area contributed by atoms with Crippen molar-refractivity contribution in [1.82, 2.24) is 5.43 Å². The number of hydrogen-bond acceptors (Lipinski definition) is 4. The molecule has 2 rings (SSSR count). The molecule has 22 heavy (non-hydrogen) atoms. The number of anilines is 1. The van der Waals surface area contributed by atoms with Gasteiger partial charge in [0.2, 0.25) is 0 Å². The van der Waals surface area contributed by atoms with Crippen molar-refractivity contribution >= 4 is 28.7 Å². The number of methoxy groups -OCH3 is 2. The summed E-state index contributed by atoms with van der Waals surface area (Å²) >= 11 is 5.28. The Balaban J connectivity index is 1.92. The fraction of sp³-hybridized carbons (Fsp3) is 0.500. The molecule has 5 nitrogen and oxygen atoms in total. The molecule has 1 fully saturated rings. The SMILES string of the molecule is COc1ccc(NC(=S)NN=C2CCCCCC2)cc1OC. The van der Waals surface area contributed by atoms with Gasteiger partial charge in [0.1, 0.15) is 0 Å². The lowest BCUT2D eigenvalue weighted by atomic mass is 10.2. The lowest BCUT2D eigenvalue weighted by Crippen LogP contribution is -2.25. The van der Waals surface area contributed by atoms with Crippen molar-refractivity contribution in [3.8, 4) is 11.5 Å². The van der Waals surface area contributed by atoms with E-state index < -0.39 is 0 Å². The van der Waals surface area contributed by atoms with Crippen LogP contribution in [0.15, 0.2) is 23.3 Å². The van der Waals surface area contributed by atoms with Crippen LogP contribution >= 0.6 is 12.2 Å². The van der Waals surface area contributed by atoms with Crippen molar-refractivity contribution in [3.63, 3.8) is 0 Å². The van der Waals surface area contributed by atoms with E-state index in [2.05, 4.69) is 15.8 Å². The average Bonchev–Trinajstić information content (AvgIpc) is 2.81. The quantitative estimate of drug-likeness (QED) is 0.503. The van der Waals surface area contributed by atoms with Gasteiger partial charge < -0.3 is 14.8 Å². The summed E-state index contributed by atoms with van der Waals surface area (Å²) in [6, 6.07) is 5.56. The Kier molecular flexibility index (Phi) is 6.45. The number of hydrogen-bond donors (Lipinski definition) is 2. The smallest absolute Gasteiger partial charge is 0.191 e. The zero-order chi connectivity index (χ0) is 15.8. The molecule has 6 heteroatoms. The molecule has 1 aliphatic carbocycles. The fourth-order valence-corrected chi connectivity index (χ4v) is 2.61. The predicted octanol–water partition coefficient (Wildman–Crippen LogP) is 3.70. The Bertz CT molecular complexity index is 536. The van der Waals surface area contributed by atoms with Crippen molar-refractivity contribution in [3.05, 3.63) is 18.2 Å². The Morgan fingerprint density at radius 1 is 1.05 bits per heavy atom. The van der Waals surface area contributed by atoms with Crippen LogP contribution in [0.4, 0.5) is 5.69 Å². The Morgan fingerprint density at radius 2 is 1.73 bits per heavy atom. The number of benzene rings is 1. The number of hydrazone groups is 1. The Labute approximate surface area is 137 Å². The number of ether oxygens (including phenoxy) is 2. The van der Waals surface area contributed by atoms with Gasteiger partial charge in [0.25, 0.3) is 0 Å². The van der Waals surface area contributed by atoms with E-state index in [0.29, 0.717) is 16.6 Å². The van der Waals surface area contributed by atoms with Crippen LogP contribution in [0, 0.1) is 0 Å². The van der Waals surface area contributed by atoms with Crippen molar-refractivity contribution in [2.45, 2.75) is 38.5 Å². The molecule has 1 saturated carbocycles. The monoisotopic (exact) mass is 321 g/mol. The van der Waals surface area contributed by atoms with Crippen molar-refractivity contribution in [2.24, 2.45) is 5.10 Å². The largest absolute Gasteiger partial charge is 0.493 e. The van der Waals surface area contributed by atoms with Gasteiger partial charge in [-0.1, -0.05) is 12.8 Å². The lowest BCUT2D eigenvalue weighted by molar-refractivity contribution is 0.355. The maximum Gasteiger partial charge on any atom is 0.191 e. The molecular formula is C16H23N3O2S. The van der Waals surface area contributed by atoms with Crippen LogP contribution in [0.2, 0.25) is 0 Å². The summed E-state index contributed by atoms with van der Waals surface area (Å²) < 4.78 is 10.5. The average molecular weight is 321 g/mol. The van der Waals surface area contributed by atoms with Gasteiger partial charge in [0, 0.05) is 17.5 Å². The normalized spacial score (nSPS) is 14.7. The molecule has 2 N–H and O–H groups in total. The molecule has 0 atom stereocenters. The summed E-state index contributed by atoms with van der Waals surface area (Å²) in [6.07, 6.45) is 7.16. The topological polar surface area (TPSA) is 54.9 Å². The van der Waals surface area contributed by atoms with E-state index in [4.69, 9.17) is 21.7 Å². The van der Waals surface area contributed by atoms with Crippen molar-refractivity contribution < 1.29 is 9.47 Å². The molecule has 0 saturated heterocycles. The van der Waals surface area contributed by atoms with Gasteiger partial charge in [0.05, 0.1) is 14.2 Å². The molecule has 1 aromatic rings. The highest BCUT2D eigenvalue weighted by molar-refractivity contribution is 7.80. The number of thiocarbonyl (C=S) groups is 1. The molecule has 0 aliphatic heterocycles. The second-order valence-electron chi connectivity index (χ2n) is 5.23. The highest BCUT2D eigenvalue weighted by Crippen LogP contribution is 2.29. The molecule has 0 spiro atoms. The third-order valence-electron chi connectivity index (χ3n) is 3.64. The van der Waals surface area contributed by atoms with Gasteiger partial charge in [-0.2, -0.15) is 5.10 Å². The molecule has 0 unspecified atom stereocenters. The predicted molar refractivity (Wildman–Crippen MR) is 94.0 cm³/mol. The van der Waals surface area contributed by atoms with E-state index in [0.717, 1.165) is 18.5 Å². The van der Waals surface area contributed by atoms with E-state index >= 15 is 0 Å². The van der Waals surface area contributed by atoms with Gasteiger partial charge in [-0.3, -0.25) is 5.43 Å². The Morgan fingerprint density at radius 3 is 2.36 bits per heavy atom. The van der Waals surface area contributed by atoms with Crippen LogP contribution in [-0.2, 0) is 0 Å². The number of rotatable bonds is 4. The Hall–Kier alpha value is -1.82. The van der Waals surface area contributed by atoms with E-state index in [9.17, 15) is 0 Å². The molecule has 1 aromatic carbocycles. The highest BCUT2D eigenvalue weighted by atomic mass is 32.1. The molecule has 0 bridgehead atoms. The highest BCUT2D eigenvalue weighted by Gasteiger charge is 2.07. The zero-order valence-corrected chi connectivity index (χ0v) is 14.0. The van der Waals surface area contributed by atoms with Crippen molar-refractivity contribution in [2.75, 3.05) is 19.5 Å².